The number of hydrogen-bond donors (Lipinski definition) is 1. The summed E-state index contributed by atoms with van der Waals surface area (Å²) in [6.45, 7) is 3.76. The van der Waals surface area contributed by atoms with Crippen LogP contribution in [0.25, 0.3) is 0 Å². The van der Waals surface area contributed by atoms with Crippen molar-refractivity contribution in [2.75, 3.05) is 13.1 Å². The summed E-state index contributed by atoms with van der Waals surface area (Å²) in [7, 11) is 0. The lowest BCUT2D eigenvalue weighted by Gasteiger charge is -2.34. The Bertz CT molecular complexity index is 541. The van der Waals surface area contributed by atoms with E-state index < -0.39 is 5.41 Å². The second kappa shape index (κ2) is 4.37. The first-order valence-electron chi connectivity index (χ1n) is 6.71. The Hall–Kier alpha value is -1.84. The van der Waals surface area contributed by atoms with E-state index in [4.69, 9.17) is 0 Å². The first-order chi connectivity index (χ1) is 9.08. The molecule has 0 radical (unpaired) electrons. The number of nitrogens with zero attached hydrogens (tertiary/aromatic N) is 1. The Kier molecular flexibility index (Phi) is 2.81. The van der Waals surface area contributed by atoms with Crippen molar-refractivity contribution < 1.29 is 9.59 Å². The van der Waals surface area contributed by atoms with Gasteiger partial charge in [0.15, 0.2) is 0 Å². The lowest BCUT2D eigenvalue weighted by molar-refractivity contribution is -0.142. The maximum absolute atomic E-state index is 12.6. The van der Waals surface area contributed by atoms with Crippen LogP contribution in [0, 0.1) is 5.41 Å². The minimum atomic E-state index is -0.566. The maximum atomic E-state index is 12.6. The molecule has 2 aliphatic heterocycles. The Morgan fingerprint density at radius 1 is 1.32 bits per heavy atom. The highest BCUT2D eigenvalue weighted by atomic mass is 16.2. The second-order valence-corrected chi connectivity index (χ2v) is 5.76. The van der Waals surface area contributed by atoms with E-state index in [1.54, 1.807) is 0 Å². The average molecular weight is 258 g/mol. The fourth-order valence-corrected chi connectivity index (χ4v) is 2.98. The molecule has 2 heterocycles. The molecular weight excluding hydrogens is 240 g/mol. The Labute approximate surface area is 112 Å². The molecule has 0 aliphatic carbocycles. The smallest absolute Gasteiger partial charge is 0.231 e. The van der Waals surface area contributed by atoms with Crippen LogP contribution in [0.15, 0.2) is 24.3 Å². The van der Waals surface area contributed by atoms with Gasteiger partial charge in [0.05, 0.1) is 5.41 Å². The fraction of sp³-hybridized carbons (Fsp3) is 0.467. The summed E-state index contributed by atoms with van der Waals surface area (Å²) >= 11 is 0. The molecule has 1 fully saturated rings. The van der Waals surface area contributed by atoms with Gasteiger partial charge in [-0.3, -0.25) is 9.59 Å². The van der Waals surface area contributed by atoms with Crippen molar-refractivity contribution in [1.82, 2.24) is 10.2 Å². The molecule has 1 unspecified atom stereocenters. The van der Waals surface area contributed by atoms with E-state index in [1.807, 2.05) is 24.0 Å². The Morgan fingerprint density at radius 3 is 2.74 bits per heavy atom. The van der Waals surface area contributed by atoms with Gasteiger partial charge in [0.2, 0.25) is 11.8 Å². The number of fused-ring (bicyclic) bond motifs is 1. The minimum absolute atomic E-state index is 0.0201. The molecule has 1 saturated heterocycles. The van der Waals surface area contributed by atoms with Crippen molar-refractivity contribution >= 4 is 11.8 Å². The van der Waals surface area contributed by atoms with Crippen molar-refractivity contribution in [3.63, 3.8) is 0 Å². The summed E-state index contributed by atoms with van der Waals surface area (Å²) in [5.41, 5.74) is 1.99. The van der Waals surface area contributed by atoms with Crippen molar-refractivity contribution in [3.05, 3.63) is 35.4 Å². The molecule has 4 heteroatoms. The molecule has 0 bridgehead atoms. The summed E-state index contributed by atoms with van der Waals surface area (Å²) < 4.78 is 0. The van der Waals surface area contributed by atoms with Crippen LogP contribution in [0.3, 0.4) is 0 Å². The average Bonchev–Trinajstić information content (AvgIpc) is 2.78. The molecule has 1 aromatic carbocycles. The summed E-state index contributed by atoms with van der Waals surface area (Å²) in [5.74, 6) is 0.0774. The van der Waals surface area contributed by atoms with Crippen LogP contribution in [-0.2, 0) is 22.6 Å². The highest BCUT2D eigenvalue weighted by Crippen LogP contribution is 2.30. The van der Waals surface area contributed by atoms with Crippen molar-refractivity contribution in [3.8, 4) is 0 Å². The van der Waals surface area contributed by atoms with E-state index in [-0.39, 0.29) is 11.8 Å². The number of nitrogens with one attached hydrogen (secondary N) is 1. The quantitative estimate of drug-likeness (QED) is 0.820. The zero-order valence-electron chi connectivity index (χ0n) is 11.1. The standard InChI is InChI=1S/C15H18N2O2/c1-15(8-13(18)16-10-15)14(19)17-7-6-11-4-2-3-5-12(11)9-17/h2-5H,6-10H2,1H3,(H,16,18). The molecule has 0 spiro atoms. The van der Waals surface area contributed by atoms with E-state index >= 15 is 0 Å². The predicted octanol–water partition coefficient (Wildman–Crippen LogP) is 1.10. The largest absolute Gasteiger partial charge is 0.355 e. The van der Waals surface area contributed by atoms with Crippen LogP contribution in [0.1, 0.15) is 24.5 Å². The molecule has 3 rings (SSSR count). The zero-order valence-corrected chi connectivity index (χ0v) is 11.1. The van der Waals surface area contributed by atoms with Gasteiger partial charge in [-0.15, -0.1) is 0 Å². The molecule has 2 amide bonds. The van der Waals surface area contributed by atoms with Gasteiger partial charge in [-0.25, -0.2) is 0 Å². The Morgan fingerprint density at radius 2 is 2.05 bits per heavy atom. The molecule has 0 aromatic heterocycles. The third kappa shape index (κ3) is 2.11. The van der Waals surface area contributed by atoms with Crippen LogP contribution in [0.5, 0.6) is 0 Å². The molecule has 1 N–H and O–H groups in total. The van der Waals surface area contributed by atoms with Crippen LogP contribution < -0.4 is 5.32 Å². The molecule has 1 atom stereocenters. The van der Waals surface area contributed by atoms with Crippen LogP contribution >= 0.6 is 0 Å². The van der Waals surface area contributed by atoms with Gasteiger partial charge >= 0.3 is 0 Å². The van der Waals surface area contributed by atoms with Crippen molar-refractivity contribution in [2.24, 2.45) is 5.41 Å². The van der Waals surface area contributed by atoms with Crippen LogP contribution in [-0.4, -0.2) is 29.8 Å². The van der Waals surface area contributed by atoms with Crippen LogP contribution in [0.2, 0.25) is 0 Å². The second-order valence-electron chi connectivity index (χ2n) is 5.76. The van der Waals surface area contributed by atoms with Gasteiger partial charge in [0.25, 0.3) is 0 Å². The minimum Gasteiger partial charge on any atom is -0.355 e. The van der Waals surface area contributed by atoms with Gasteiger partial charge in [-0.2, -0.15) is 0 Å². The SMILES string of the molecule is CC1(C(=O)N2CCc3ccccc3C2)CNC(=O)C1. The number of carbonyl (C=O) groups excluding carboxylic acids is 2. The topological polar surface area (TPSA) is 49.4 Å². The normalized spacial score (nSPS) is 25.9. The highest BCUT2D eigenvalue weighted by molar-refractivity contribution is 5.92. The van der Waals surface area contributed by atoms with Crippen molar-refractivity contribution in [2.45, 2.75) is 26.3 Å². The summed E-state index contributed by atoms with van der Waals surface area (Å²) in [6.07, 6.45) is 1.21. The number of hydrogen-bond acceptors (Lipinski definition) is 2. The molecule has 1 aromatic rings. The van der Waals surface area contributed by atoms with E-state index in [2.05, 4.69) is 17.4 Å². The molecule has 4 nitrogen and oxygen atoms in total. The number of benzene rings is 1. The number of carbonyl (C=O) groups is 2. The van der Waals surface area contributed by atoms with Crippen molar-refractivity contribution in [1.29, 1.82) is 0 Å². The van der Waals surface area contributed by atoms with Gasteiger partial charge in [-0.05, 0) is 24.5 Å². The van der Waals surface area contributed by atoms with Gasteiger partial charge < -0.3 is 10.2 Å². The number of rotatable bonds is 1. The van der Waals surface area contributed by atoms with E-state index in [0.717, 1.165) is 13.0 Å². The predicted molar refractivity (Wildman–Crippen MR) is 71.3 cm³/mol. The molecule has 19 heavy (non-hydrogen) atoms. The Balaban J connectivity index is 1.78. The van der Waals surface area contributed by atoms with Gasteiger partial charge in [0, 0.05) is 26.1 Å². The first kappa shape index (κ1) is 12.2. The molecule has 2 aliphatic rings. The van der Waals surface area contributed by atoms with Crippen LogP contribution in [0.4, 0.5) is 0 Å². The number of amides is 2. The van der Waals surface area contributed by atoms with E-state index in [1.165, 1.54) is 11.1 Å². The monoisotopic (exact) mass is 258 g/mol. The van der Waals surface area contributed by atoms with Gasteiger partial charge in [0.1, 0.15) is 0 Å². The zero-order chi connectivity index (χ0) is 13.5. The fourth-order valence-electron chi connectivity index (χ4n) is 2.98. The first-order valence-corrected chi connectivity index (χ1v) is 6.71. The summed E-state index contributed by atoms with van der Waals surface area (Å²) in [4.78, 5) is 25.9. The summed E-state index contributed by atoms with van der Waals surface area (Å²) in [6, 6.07) is 8.25. The lowest BCUT2D eigenvalue weighted by Crippen LogP contribution is -2.45. The summed E-state index contributed by atoms with van der Waals surface area (Å²) in [5, 5.41) is 2.76. The maximum Gasteiger partial charge on any atom is 0.231 e. The highest BCUT2D eigenvalue weighted by Gasteiger charge is 2.43. The molecule has 100 valence electrons. The lowest BCUT2D eigenvalue weighted by atomic mass is 9.86. The third-order valence-corrected chi connectivity index (χ3v) is 4.16. The molecular formula is C15H18N2O2. The molecule has 0 saturated carbocycles. The van der Waals surface area contributed by atoms with E-state index in [0.29, 0.717) is 19.5 Å². The van der Waals surface area contributed by atoms with Gasteiger partial charge in [-0.1, -0.05) is 24.3 Å². The third-order valence-electron chi connectivity index (χ3n) is 4.16. The van der Waals surface area contributed by atoms with E-state index in [9.17, 15) is 9.59 Å².